The average molecular weight is 263 g/mol. The summed E-state index contributed by atoms with van der Waals surface area (Å²) in [6.07, 6.45) is 0. The van der Waals surface area contributed by atoms with Crippen molar-refractivity contribution in [2.45, 2.75) is 9.16 Å². The van der Waals surface area contributed by atoms with E-state index in [1.807, 2.05) is 47.0 Å². The van der Waals surface area contributed by atoms with Gasteiger partial charge in [-0.2, -0.15) is 25.3 Å². The first-order valence-electron chi connectivity index (χ1n) is 3.06. The number of thioether (sulfide) groups is 4. The summed E-state index contributed by atoms with van der Waals surface area (Å²) in [6.45, 7) is 0. The van der Waals surface area contributed by atoms with Crippen LogP contribution in [0, 0.1) is 0 Å². The van der Waals surface area contributed by atoms with Crippen molar-refractivity contribution in [2.75, 3.05) is 15.3 Å². The lowest BCUT2D eigenvalue weighted by Crippen LogP contribution is -2.20. The van der Waals surface area contributed by atoms with E-state index in [-0.39, 0.29) is 0 Å². The molecule has 0 bridgehead atoms. The van der Waals surface area contributed by atoms with Crippen LogP contribution in [0.4, 0.5) is 0 Å². The Kier molecular flexibility index (Phi) is 6.64. The highest BCUT2D eigenvalue weighted by atomic mass is 32.3. The van der Waals surface area contributed by atoms with Crippen LogP contribution in [0.2, 0.25) is 0 Å². The second kappa shape index (κ2) is 6.54. The summed E-state index contributed by atoms with van der Waals surface area (Å²) in [4.78, 5) is 0. The quantitative estimate of drug-likeness (QED) is 0.576. The van der Waals surface area contributed by atoms with Crippen LogP contribution < -0.4 is 0 Å². The number of rotatable bonds is 5. The molecule has 1 fully saturated rings. The van der Waals surface area contributed by atoms with E-state index >= 15 is 0 Å². The Bertz CT molecular complexity index is 97.1. The maximum Gasteiger partial charge on any atom is 0.0729 e. The van der Waals surface area contributed by atoms with Gasteiger partial charge in [-0.1, -0.05) is 0 Å². The van der Waals surface area contributed by atoms with Gasteiger partial charge in [0.15, 0.2) is 0 Å². The van der Waals surface area contributed by atoms with E-state index in [1.165, 1.54) is 5.08 Å². The van der Waals surface area contributed by atoms with Crippen molar-refractivity contribution in [1.29, 1.82) is 0 Å². The Morgan fingerprint density at radius 3 is 2.09 bits per heavy atom. The smallest absolute Gasteiger partial charge is 0.0729 e. The molecule has 66 valence electrons. The van der Waals surface area contributed by atoms with Crippen LogP contribution in [0.25, 0.3) is 0 Å². The molecule has 0 aromatic carbocycles. The summed E-state index contributed by atoms with van der Waals surface area (Å²) in [5, 5.41) is 3.10. The van der Waals surface area contributed by atoms with Gasteiger partial charge in [0.05, 0.1) is 9.16 Å². The Labute approximate surface area is 96.0 Å². The van der Waals surface area contributed by atoms with Crippen LogP contribution in [0.15, 0.2) is 0 Å². The van der Waals surface area contributed by atoms with Crippen molar-refractivity contribution in [3.63, 3.8) is 0 Å². The summed E-state index contributed by atoms with van der Waals surface area (Å²) in [7, 11) is 0. The van der Waals surface area contributed by atoms with Gasteiger partial charge < -0.3 is 0 Å². The molecule has 0 atom stereocenters. The van der Waals surface area contributed by atoms with Crippen molar-refractivity contribution in [2.24, 2.45) is 0 Å². The van der Waals surface area contributed by atoms with Gasteiger partial charge in [0.25, 0.3) is 0 Å². The third-order valence-electron chi connectivity index (χ3n) is 1.16. The first kappa shape index (κ1) is 11.2. The number of thiol groups is 2. The largest absolute Gasteiger partial charge is 0.168 e. The fraction of sp³-hybridized carbons (Fsp3) is 1.00. The van der Waals surface area contributed by atoms with Crippen molar-refractivity contribution in [3.05, 3.63) is 0 Å². The number of hydrogen-bond donors (Lipinski definition) is 2. The molecule has 1 aliphatic heterocycles. The zero-order valence-corrected chi connectivity index (χ0v) is 10.9. The lowest BCUT2D eigenvalue weighted by Gasteiger charge is -2.30. The Balaban J connectivity index is 2.19. The van der Waals surface area contributed by atoms with Gasteiger partial charge >= 0.3 is 0 Å². The topological polar surface area (TPSA) is 0 Å². The highest BCUT2D eigenvalue weighted by molar-refractivity contribution is 8.35. The van der Waals surface area contributed by atoms with Crippen LogP contribution in [-0.2, 0) is 0 Å². The fourth-order valence-corrected chi connectivity index (χ4v) is 7.00. The molecule has 1 saturated heterocycles. The molecule has 0 saturated carbocycles. The molecule has 0 aromatic rings. The van der Waals surface area contributed by atoms with Gasteiger partial charge in [0.1, 0.15) is 0 Å². The lowest BCUT2D eigenvalue weighted by molar-refractivity contribution is 1.34. The van der Waals surface area contributed by atoms with Crippen LogP contribution in [0.1, 0.15) is 0 Å². The minimum absolute atomic E-state index is 0.689. The highest BCUT2D eigenvalue weighted by Gasteiger charge is 2.28. The van der Waals surface area contributed by atoms with Crippen molar-refractivity contribution in [3.8, 4) is 0 Å². The maximum absolute atomic E-state index is 4.22. The Morgan fingerprint density at radius 1 is 1.27 bits per heavy atom. The molecule has 0 radical (unpaired) electrons. The van der Waals surface area contributed by atoms with Crippen LogP contribution in [-0.4, -0.2) is 24.4 Å². The summed E-state index contributed by atoms with van der Waals surface area (Å²) in [5.41, 5.74) is 0. The predicted octanol–water partition coefficient (Wildman–Crippen LogP) is 3.32. The summed E-state index contributed by atoms with van der Waals surface area (Å²) in [6, 6.07) is 0. The molecule has 1 aliphatic rings. The minimum atomic E-state index is 0.689. The molecule has 0 nitrogen and oxygen atoms in total. The Hall–Kier alpha value is 2.10. The third kappa shape index (κ3) is 3.77. The van der Waals surface area contributed by atoms with E-state index in [1.54, 1.807) is 0 Å². The fourth-order valence-electron chi connectivity index (χ4n) is 0.656. The molecule has 11 heavy (non-hydrogen) atoms. The van der Waals surface area contributed by atoms with E-state index in [9.17, 15) is 0 Å². The normalized spacial score (nSPS) is 18.8. The van der Waals surface area contributed by atoms with Crippen molar-refractivity contribution < 1.29 is 0 Å². The van der Waals surface area contributed by atoms with E-state index in [2.05, 4.69) is 25.3 Å². The predicted molar refractivity (Wildman–Crippen MR) is 70.5 cm³/mol. The molecule has 6 heteroatoms. The molecule has 1 rings (SSSR count). The first-order valence-corrected chi connectivity index (χ1v) is 8.52. The summed E-state index contributed by atoms with van der Waals surface area (Å²) in [5.74, 6) is 0. The summed E-state index contributed by atoms with van der Waals surface area (Å²) >= 11 is 16.4. The molecule has 0 amide bonds. The van der Waals surface area contributed by atoms with E-state index in [4.69, 9.17) is 0 Å². The van der Waals surface area contributed by atoms with Crippen LogP contribution in [0.5, 0.6) is 0 Å². The van der Waals surface area contributed by atoms with Crippen LogP contribution >= 0.6 is 72.3 Å². The van der Waals surface area contributed by atoms with Gasteiger partial charge in [-0.3, -0.25) is 0 Å². The molecule has 0 N–H and O–H groups in total. The van der Waals surface area contributed by atoms with Gasteiger partial charge in [-0.25, -0.2) is 0 Å². The zero-order valence-electron chi connectivity index (χ0n) is 5.80. The van der Waals surface area contributed by atoms with Gasteiger partial charge in [0.2, 0.25) is 0 Å². The Morgan fingerprint density at radius 2 is 1.82 bits per heavy atom. The molecule has 0 unspecified atom stereocenters. The third-order valence-corrected chi connectivity index (χ3v) is 8.17. The molecule has 0 spiro atoms. The maximum atomic E-state index is 4.22. The molecular formula is C5H10S6. The van der Waals surface area contributed by atoms with E-state index in [0.29, 0.717) is 4.58 Å². The average Bonchev–Trinajstić information content (AvgIpc) is 1.85. The molecular weight excluding hydrogens is 252 g/mol. The molecule has 0 aromatic heterocycles. The monoisotopic (exact) mass is 262 g/mol. The van der Waals surface area contributed by atoms with Crippen molar-refractivity contribution in [1.82, 2.24) is 0 Å². The van der Waals surface area contributed by atoms with Gasteiger partial charge in [-0.05, 0) is 0 Å². The first-order chi connectivity index (χ1) is 5.38. The molecule has 1 heterocycles. The van der Waals surface area contributed by atoms with Gasteiger partial charge in [-0.15, -0.1) is 47.0 Å². The van der Waals surface area contributed by atoms with E-state index in [0.717, 1.165) is 14.8 Å². The van der Waals surface area contributed by atoms with E-state index < -0.39 is 0 Å². The standard InChI is InChI=1S/C5H10S6/c6-1-8-4(9-2-7)5-10-3-11-5/h4-7H,1-3H2. The highest BCUT2D eigenvalue weighted by Crippen LogP contribution is 2.48. The van der Waals surface area contributed by atoms with Crippen molar-refractivity contribution >= 4 is 72.3 Å². The SMILES string of the molecule is SCSC(SCS)C1SCS1. The summed E-state index contributed by atoms with van der Waals surface area (Å²) < 4.78 is 1.47. The molecule has 0 aliphatic carbocycles. The minimum Gasteiger partial charge on any atom is -0.168 e. The number of hydrogen-bond acceptors (Lipinski definition) is 6. The lowest BCUT2D eigenvalue weighted by atomic mass is 10.9. The second-order valence-corrected chi connectivity index (χ2v) is 8.75. The second-order valence-electron chi connectivity index (χ2n) is 1.78. The zero-order chi connectivity index (χ0) is 8.10. The van der Waals surface area contributed by atoms with Gasteiger partial charge in [0, 0.05) is 15.3 Å². The van der Waals surface area contributed by atoms with Crippen LogP contribution in [0.3, 0.4) is 0 Å².